The lowest BCUT2D eigenvalue weighted by molar-refractivity contribution is 0.0929. The number of carbonyl (C=O) groups excluding carboxylic acids is 2. The van der Waals surface area contributed by atoms with Gasteiger partial charge >= 0.3 is 0 Å². The Kier molecular flexibility index (Phi) is 4.05. The first-order valence-corrected chi connectivity index (χ1v) is 9.48. The molecular formula is C21H21N3O4. The van der Waals surface area contributed by atoms with Crippen LogP contribution in [0.3, 0.4) is 0 Å². The van der Waals surface area contributed by atoms with Crippen molar-refractivity contribution in [1.29, 1.82) is 0 Å². The minimum Gasteiger partial charge on any atom is -0.491 e. The molecule has 0 radical (unpaired) electrons. The third kappa shape index (κ3) is 2.74. The number of pyridine rings is 1. The Hall–Kier alpha value is -2.93. The smallest absolute Gasteiger partial charge is 0.254 e. The molecule has 2 N–H and O–H groups in total. The number of amides is 2. The fourth-order valence-electron chi connectivity index (χ4n) is 4.31. The summed E-state index contributed by atoms with van der Waals surface area (Å²) in [5.74, 6) is 0.889. The zero-order valence-electron chi connectivity index (χ0n) is 15.5. The van der Waals surface area contributed by atoms with Gasteiger partial charge in [0.2, 0.25) is 0 Å². The third-order valence-corrected chi connectivity index (χ3v) is 5.96. The number of carbonyl (C=O) groups is 2. The predicted molar refractivity (Wildman–Crippen MR) is 100 cm³/mol. The molecule has 4 atom stereocenters. The molecule has 7 heteroatoms. The van der Waals surface area contributed by atoms with E-state index in [-0.39, 0.29) is 23.8 Å². The van der Waals surface area contributed by atoms with Crippen LogP contribution in [-0.2, 0) is 4.74 Å². The van der Waals surface area contributed by atoms with Crippen molar-refractivity contribution in [2.45, 2.75) is 12.0 Å². The number of rotatable bonds is 4. The molecule has 144 valence electrons. The van der Waals surface area contributed by atoms with Crippen LogP contribution in [0, 0.1) is 11.8 Å². The van der Waals surface area contributed by atoms with E-state index in [0.29, 0.717) is 48.5 Å². The Bertz CT molecular complexity index is 936. The van der Waals surface area contributed by atoms with Crippen molar-refractivity contribution in [2.75, 3.05) is 26.9 Å². The number of nitrogens with zero attached hydrogens (tertiary/aromatic N) is 1. The molecule has 1 saturated heterocycles. The van der Waals surface area contributed by atoms with Crippen LogP contribution in [-0.4, -0.2) is 49.7 Å². The van der Waals surface area contributed by atoms with E-state index < -0.39 is 0 Å². The first kappa shape index (κ1) is 17.2. The zero-order valence-corrected chi connectivity index (χ0v) is 15.5. The summed E-state index contributed by atoms with van der Waals surface area (Å²) in [5, 5.41) is 5.74. The first-order valence-electron chi connectivity index (χ1n) is 9.48. The zero-order chi connectivity index (χ0) is 19.3. The normalized spacial score (nSPS) is 26.8. The van der Waals surface area contributed by atoms with Crippen molar-refractivity contribution in [3.63, 3.8) is 0 Å². The molecular weight excluding hydrogens is 358 g/mol. The number of fused-ring (bicyclic) bond motifs is 2. The highest BCUT2D eigenvalue weighted by atomic mass is 16.5. The van der Waals surface area contributed by atoms with Gasteiger partial charge in [-0.3, -0.25) is 14.6 Å². The van der Waals surface area contributed by atoms with Crippen LogP contribution in [0.4, 0.5) is 0 Å². The number of benzene rings is 1. The Balaban J connectivity index is 1.50. The van der Waals surface area contributed by atoms with Gasteiger partial charge in [0, 0.05) is 54.4 Å². The Morgan fingerprint density at radius 3 is 2.68 bits per heavy atom. The van der Waals surface area contributed by atoms with Crippen molar-refractivity contribution < 1.29 is 19.1 Å². The second kappa shape index (κ2) is 6.60. The van der Waals surface area contributed by atoms with E-state index >= 15 is 0 Å². The summed E-state index contributed by atoms with van der Waals surface area (Å²) in [4.78, 5) is 29.5. The van der Waals surface area contributed by atoms with Crippen molar-refractivity contribution in [2.24, 2.45) is 11.8 Å². The molecule has 2 aliphatic heterocycles. The quantitative estimate of drug-likeness (QED) is 0.837. The standard InChI is InChI=1S/C21H21N3O4/c1-22-21(26)14-6-12(20(25)24-18-16-8-27-9-17(16)18)5-13-15(10-28-19(13)14)11-3-2-4-23-7-11/h2-7,15-18H,8-10H2,1H3,(H,22,26)(H,24,25)/t15?,16-,17+,18?. The van der Waals surface area contributed by atoms with Gasteiger partial charge < -0.3 is 20.1 Å². The van der Waals surface area contributed by atoms with Gasteiger partial charge in [-0.15, -0.1) is 0 Å². The number of hydrogen-bond acceptors (Lipinski definition) is 5. The Morgan fingerprint density at radius 2 is 1.96 bits per heavy atom. The van der Waals surface area contributed by atoms with Gasteiger partial charge in [-0.1, -0.05) is 6.07 Å². The lowest BCUT2D eigenvalue weighted by atomic mass is 9.91. The molecule has 3 heterocycles. The van der Waals surface area contributed by atoms with Crippen molar-refractivity contribution in [3.8, 4) is 5.75 Å². The summed E-state index contributed by atoms with van der Waals surface area (Å²) in [6.07, 6.45) is 3.51. The van der Waals surface area contributed by atoms with Gasteiger partial charge in [-0.2, -0.15) is 0 Å². The van der Waals surface area contributed by atoms with Gasteiger partial charge in [0.25, 0.3) is 11.8 Å². The fourth-order valence-corrected chi connectivity index (χ4v) is 4.31. The fraction of sp³-hybridized carbons (Fsp3) is 0.381. The molecule has 28 heavy (non-hydrogen) atoms. The minimum atomic E-state index is -0.269. The van der Waals surface area contributed by atoms with Gasteiger partial charge in [0.05, 0.1) is 25.4 Å². The summed E-state index contributed by atoms with van der Waals surface area (Å²) < 4.78 is 11.3. The lowest BCUT2D eigenvalue weighted by Crippen LogP contribution is -2.30. The van der Waals surface area contributed by atoms with E-state index in [9.17, 15) is 9.59 Å². The lowest BCUT2D eigenvalue weighted by Gasteiger charge is -2.13. The number of nitrogens with one attached hydrogen (secondary N) is 2. The maximum atomic E-state index is 12.9. The monoisotopic (exact) mass is 379 g/mol. The van der Waals surface area contributed by atoms with E-state index in [1.54, 1.807) is 25.5 Å². The van der Waals surface area contributed by atoms with Crippen molar-refractivity contribution in [1.82, 2.24) is 15.6 Å². The van der Waals surface area contributed by atoms with Crippen LogP contribution < -0.4 is 15.4 Å². The largest absolute Gasteiger partial charge is 0.491 e. The highest BCUT2D eigenvalue weighted by molar-refractivity contribution is 6.02. The molecule has 7 nitrogen and oxygen atoms in total. The summed E-state index contributed by atoms with van der Waals surface area (Å²) >= 11 is 0. The van der Waals surface area contributed by atoms with Crippen molar-refractivity contribution in [3.05, 3.63) is 58.9 Å². The van der Waals surface area contributed by atoms with Gasteiger partial charge in [0.15, 0.2) is 0 Å². The second-order valence-corrected chi connectivity index (χ2v) is 7.54. The van der Waals surface area contributed by atoms with Crippen LogP contribution >= 0.6 is 0 Å². The van der Waals surface area contributed by atoms with Gasteiger partial charge in [-0.25, -0.2) is 0 Å². The number of ether oxygens (including phenoxy) is 2. The van der Waals surface area contributed by atoms with Crippen LogP contribution in [0.15, 0.2) is 36.7 Å². The summed E-state index contributed by atoms with van der Waals surface area (Å²) in [7, 11) is 1.57. The summed E-state index contributed by atoms with van der Waals surface area (Å²) in [6, 6.07) is 7.48. The molecule has 1 aliphatic carbocycles. The van der Waals surface area contributed by atoms with Gasteiger partial charge in [0.1, 0.15) is 5.75 Å². The molecule has 1 aromatic heterocycles. The third-order valence-electron chi connectivity index (χ3n) is 5.96. The molecule has 0 spiro atoms. The van der Waals surface area contributed by atoms with Crippen LogP contribution in [0.1, 0.15) is 37.8 Å². The van der Waals surface area contributed by atoms with Crippen LogP contribution in [0.25, 0.3) is 0 Å². The van der Waals surface area contributed by atoms with E-state index in [1.165, 1.54) is 0 Å². The molecule has 2 aromatic rings. The van der Waals surface area contributed by atoms with Crippen molar-refractivity contribution >= 4 is 11.8 Å². The van der Waals surface area contributed by atoms with Crippen LogP contribution in [0.5, 0.6) is 5.75 Å². The molecule has 5 rings (SSSR count). The first-order chi connectivity index (χ1) is 13.7. The summed E-state index contributed by atoms with van der Waals surface area (Å²) in [6.45, 7) is 1.83. The Morgan fingerprint density at radius 1 is 1.14 bits per heavy atom. The molecule has 2 fully saturated rings. The molecule has 1 saturated carbocycles. The van der Waals surface area contributed by atoms with Crippen LogP contribution in [0.2, 0.25) is 0 Å². The number of aromatic nitrogens is 1. The second-order valence-electron chi connectivity index (χ2n) is 7.54. The average molecular weight is 379 g/mol. The molecule has 2 amide bonds. The summed E-state index contributed by atoms with van der Waals surface area (Å²) in [5.41, 5.74) is 2.70. The molecule has 2 unspecified atom stereocenters. The molecule has 0 bridgehead atoms. The highest BCUT2D eigenvalue weighted by Crippen LogP contribution is 2.45. The number of hydrogen-bond donors (Lipinski definition) is 2. The predicted octanol–water partition coefficient (Wildman–Crippen LogP) is 1.34. The topological polar surface area (TPSA) is 89.6 Å². The SMILES string of the molecule is CNC(=O)c1cc(C(=O)NC2[C@H]3COC[C@@H]23)cc2c1OCC2c1cccnc1. The van der Waals surface area contributed by atoms with E-state index in [4.69, 9.17) is 9.47 Å². The maximum absolute atomic E-state index is 12.9. The molecule has 3 aliphatic rings. The van der Waals surface area contributed by atoms with E-state index in [1.807, 2.05) is 18.2 Å². The Labute approximate surface area is 162 Å². The average Bonchev–Trinajstić information content (AvgIpc) is 3.10. The maximum Gasteiger partial charge on any atom is 0.254 e. The minimum absolute atomic E-state index is 0.0615. The van der Waals surface area contributed by atoms with E-state index in [0.717, 1.165) is 11.1 Å². The highest BCUT2D eigenvalue weighted by Gasteiger charge is 2.54. The van der Waals surface area contributed by atoms with Gasteiger partial charge in [-0.05, 0) is 23.8 Å². The van der Waals surface area contributed by atoms with E-state index in [2.05, 4.69) is 15.6 Å². The molecule has 1 aromatic carbocycles.